The standard InChI is InChI=1S/C25H33N3O3S/c1-2-32(30,31)28-15-9-14-23(20-28)25(29)27-18-16-26(17-19-27)24(21-10-5-3-6-11-21)22-12-7-4-8-13-22/h3-8,10-13,23-24H,2,9,14-20H2,1H3/t23-/m1/s1. The van der Waals surface area contributed by atoms with E-state index in [1.807, 2.05) is 17.0 Å². The van der Waals surface area contributed by atoms with E-state index in [-0.39, 0.29) is 23.6 Å². The minimum Gasteiger partial charge on any atom is -0.340 e. The molecule has 2 aliphatic rings. The molecule has 2 saturated heterocycles. The van der Waals surface area contributed by atoms with Gasteiger partial charge in [0, 0.05) is 39.3 Å². The summed E-state index contributed by atoms with van der Waals surface area (Å²) in [6.07, 6.45) is 1.52. The summed E-state index contributed by atoms with van der Waals surface area (Å²) < 4.78 is 26.1. The number of carbonyl (C=O) groups excluding carboxylic acids is 1. The molecule has 2 heterocycles. The van der Waals surface area contributed by atoms with Crippen molar-refractivity contribution >= 4 is 15.9 Å². The minimum absolute atomic E-state index is 0.0902. The van der Waals surface area contributed by atoms with Crippen LogP contribution in [0.5, 0.6) is 0 Å². The first-order valence-electron chi connectivity index (χ1n) is 11.6. The third kappa shape index (κ3) is 5.05. The number of nitrogens with zero attached hydrogens (tertiary/aromatic N) is 3. The second-order valence-corrected chi connectivity index (χ2v) is 10.9. The van der Waals surface area contributed by atoms with Crippen molar-refractivity contribution in [3.63, 3.8) is 0 Å². The molecule has 0 N–H and O–H groups in total. The van der Waals surface area contributed by atoms with Crippen LogP contribution in [0, 0.1) is 5.92 Å². The Balaban J connectivity index is 1.43. The maximum atomic E-state index is 13.2. The van der Waals surface area contributed by atoms with Gasteiger partial charge in [-0.3, -0.25) is 9.69 Å². The quantitative estimate of drug-likeness (QED) is 0.672. The summed E-state index contributed by atoms with van der Waals surface area (Å²) >= 11 is 0. The van der Waals surface area contributed by atoms with Crippen LogP contribution in [0.1, 0.15) is 36.9 Å². The van der Waals surface area contributed by atoms with Crippen molar-refractivity contribution in [2.45, 2.75) is 25.8 Å². The first-order chi connectivity index (χ1) is 15.5. The zero-order chi connectivity index (χ0) is 22.6. The Kier molecular flexibility index (Phi) is 7.28. The Labute approximate surface area is 191 Å². The zero-order valence-electron chi connectivity index (χ0n) is 18.8. The van der Waals surface area contributed by atoms with E-state index in [4.69, 9.17) is 0 Å². The molecule has 2 aliphatic heterocycles. The molecule has 4 rings (SSSR count). The Morgan fingerprint density at radius 3 is 2.00 bits per heavy atom. The highest BCUT2D eigenvalue weighted by Crippen LogP contribution is 2.30. The number of amides is 1. The highest BCUT2D eigenvalue weighted by Gasteiger charge is 2.35. The molecular weight excluding hydrogens is 422 g/mol. The monoisotopic (exact) mass is 455 g/mol. The van der Waals surface area contributed by atoms with Crippen molar-refractivity contribution in [1.82, 2.24) is 14.1 Å². The van der Waals surface area contributed by atoms with Gasteiger partial charge in [-0.1, -0.05) is 60.7 Å². The van der Waals surface area contributed by atoms with Gasteiger partial charge in [-0.05, 0) is 30.9 Å². The van der Waals surface area contributed by atoms with Gasteiger partial charge in [-0.25, -0.2) is 12.7 Å². The fraction of sp³-hybridized carbons (Fsp3) is 0.480. The predicted octanol–water partition coefficient (Wildman–Crippen LogP) is 2.98. The van der Waals surface area contributed by atoms with E-state index in [2.05, 4.69) is 53.4 Å². The largest absolute Gasteiger partial charge is 0.340 e. The van der Waals surface area contributed by atoms with Crippen LogP contribution < -0.4 is 0 Å². The number of carbonyl (C=O) groups is 1. The summed E-state index contributed by atoms with van der Waals surface area (Å²) in [4.78, 5) is 17.6. The average molecular weight is 456 g/mol. The van der Waals surface area contributed by atoms with Crippen molar-refractivity contribution in [1.29, 1.82) is 0 Å². The lowest BCUT2D eigenvalue weighted by Crippen LogP contribution is -2.53. The number of rotatable bonds is 6. The van der Waals surface area contributed by atoms with Crippen LogP contribution in [0.4, 0.5) is 0 Å². The highest BCUT2D eigenvalue weighted by atomic mass is 32.2. The van der Waals surface area contributed by atoms with Crippen LogP contribution in [-0.2, 0) is 14.8 Å². The van der Waals surface area contributed by atoms with E-state index in [1.165, 1.54) is 15.4 Å². The Bertz CT molecular complexity index is 950. The molecule has 0 aromatic heterocycles. The number of piperazine rings is 1. The molecule has 172 valence electrons. The fourth-order valence-corrected chi connectivity index (χ4v) is 6.10. The van der Waals surface area contributed by atoms with Crippen LogP contribution in [0.25, 0.3) is 0 Å². The molecule has 1 amide bonds. The van der Waals surface area contributed by atoms with E-state index in [9.17, 15) is 13.2 Å². The smallest absolute Gasteiger partial charge is 0.227 e. The molecule has 2 aromatic rings. The van der Waals surface area contributed by atoms with Crippen LogP contribution in [0.2, 0.25) is 0 Å². The average Bonchev–Trinajstić information content (AvgIpc) is 2.85. The second-order valence-electron chi connectivity index (χ2n) is 8.68. The van der Waals surface area contributed by atoms with Crippen molar-refractivity contribution in [3.05, 3.63) is 71.8 Å². The lowest BCUT2D eigenvalue weighted by Gasteiger charge is -2.41. The molecule has 6 nitrogen and oxygen atoms in total. The topological polar surface area (TPSA) is 60.9 Å². The van der Waals surface area contributed by atoms with Gasteiger partial charge >= 0.3 is 0 Å². The second kappa shape index (κ2) is 10.1. The number of hydrogen-bond donors (Lipinski definition) is 0. The molecule has 2 aromatic carbocycles. The molecule has 0 bridgehead atoms. The normalized spacial score (nSPS) is 21.1. The van der Waals surface area contributed by atoms with Crippen LogP contribution in [0.15, 0.2) is 60.7 Å². The molecule has 0 saturated carbocycles. The van der Waals surface area contributed by atoms with E-state index < -0.39 is 10.0 Å². The van der Waals surface area contributed by atoms with E-state index >= 15 is 0 Å². The van der Waals surface area contributed by atoms with Gasteiger partial charge in [-0.15, -0.1) is 0 Å². The van der Waals surface area contributed by atoms with E-state index in [0.29, 0.717) is 26.2 Å². The molecular formula is C25H33N3O3S. The van der Waals surface area contributed by atoms with Crippen molar-refractivity contribution in [3.8, 4) is 0 Å². The molecule has 32 heavy (non-hydrogen) atoms. The van der Waals surface area contributed by atoms with Gasteiger partial charge in [0.2, 0.25) is 15.9 Å². The number of sulfonamides is 1. The van der Waals surface area contributed by atoms with Gasteiger partial charge in [0.25, 0.3) is 0 Å². The van der Waals surface area contributed by atoms with E-state index in [0.717, 1.165) is 25.9 Å². The third-order valence-electron chi connectivity index (χ3n) is 6.71. The van der Waals surface area contributed by atoms with Crippen LogP contribution in [0.3, 0.4) is 0 Å². The van der Waals surface area contributed by atoms with Crippen LogP contribution >= 0.6 is 0 Å². The maximum Gasteiger partial charge on any atom is 0.227 e. The number of benzene rings is 2. The fourth-order valence-electron chi connectivity index (χ4n) is 4.92. The Morgan fingerprint density at radius 1 is 0.906 bits per heavy atom. The summed E-state index contributed by atoms with van der Waals surface area (Å²) in [5, 5.41) is 0. The van der Waals surface area contributed by atoms with Crippen molar-refractivity contribution in [2.75, 3.05) is 45.0 Å². The minimum atomic E-state index is -3.25. The summed E-state index contributed by atoms with van der Waals surface area (Å²) in [5.41, 5.74) is 2.51. The maximum absolute atomic E-state index is 13.2. The Hall–Kier alpha value is -2.22. The van der Waals surface area contributed by atoms with E-state index in [1.54, 1.807) is 6.92 Å². The van der Waals surface area contributed by atoms with Gasteiger partial charge in [0.1, 0.15) is 0 Å². The lowest BCUT2D eigenvalue weighted by molar-refractivity contribution is -0.138. The number of hydrogen-bond acceptors (Lipinski definition) is 4. The molecule has 0 aliphatic carbocycles. The van der Waals surface area contributed by atoms with Crippen LogP contribution in [-0.4, -0.2) is 73.5 Å². The molecule has 1 atom stereocenters. The summed E-state index contributed by atoms with van der Waals surface area (Å²) in [5.74, 6) is -0.0280. The summed E-state index contributed by atoms with van der Waals surface area (Å²) in [7, 11) is -3.25. The van der Waals surface area contributed by atoms with Gasteiger partial charge in [-0.2, -0.15) is 0 Å². The summed E-state index contributed by atoms with van der Waals surface area (Å²) in [6.45, 7) is 5.46. The molecule has 7 heteroatoms. The molecule has 0 unspecified atom stereocenters. The molecule has 2 fully saturated rings. The zero-order valence-corrected chi connectivity index (χ0v) is 19.6. The number of piperidine rings is 1. The van der Waals surface area contributed by atoms with Crippen molar-refractivity contribution < 1.29 is 13.2 Å². The van der Waals surface area contributed by atoms with Gasteiger partial charge < -0.3 is 4.90 Å². The lowest BCUT2D eigenvalue weighted by atomic mass is 9.95. The predicted molar refractivity (Wildman–Crippen MR) is 127 cm³/mol. The third-order valence-corrected chi connectivity index (χ3v) is 8.56. The van der Waals surface area contributed by atoms with Gasteiger partial charge in [0.05, 0.1) is 17.7 Å². The Morgan fingerprint density at radius 2 is 1.47 bits per heavy atom. The molecule has 0 spiro atoms. The van der Waals surface area contributed by atoms with Gasteiger partial charge in [0.15, 0.2) is 0 Å². The first kappa shape index (κ1) is 23.0. The van der Waals surface area contributed by atoms with Crippen molar-refractivity contribution in [2.24, 2.45) is 5.92 Å². The SMILES string of the molecule is CCS(=O)(=O)N1CCC[C@@H](C(=O)N2CCN(C(c3ccccc3)c3ccccc3)CC2)C1. The first-order valence-corrected chi connectivity index (χ1v) is 13.2. The molecule has 0 radical (unpaired) electrons. The summed E-state index contributed by atoms with van der Waals surface area (Å²) in [6, 6.07) is 21.2. The highest BCUT2D eigenvalue weighted by molar-refractivity contribution is 7.89.